The summed E-state index contributed by atoms with van der Waals surface area (Å²) >= 11 is 0. The van der Waals surface area contributed by atoms with Gasteiger partial charge >= 0.3 is 0 Å². The highest BCUT2D eigenvalue weighted by Crippen LogP contribution is 2.25. The maximum absolute atomic E-state index is 12.1. The Labute approximate surface area is 197 Å². The molecule has 0 aliphatic carbocycles. The molecule has 0 bridgehead atoms. The van der Waals surface area contributed by atoms with Gasteiger partial charge in [-0.25, -0.2) is 18.4 Å². The number of benzene rings is 1. The number of aryl methyl sites for hydroxylation is 1. The van der Waals surface area contributed by atoms with Gasteiger partial charge in [-0.3, -0.25) is 14.2 Å². The number of pyridine rings is 2. The third-order valence-corrected chi connectivity index (χ3v) is 6.41. The molecular weight excluding hydrogens is 454 g/mol. The minimum absolute atomic E-state index is 0.0423. The van der Waals surface area contributed by atoms with Crippen LogP contribution < -0.4 is 15.4 Å². The monoisotopic (exact) mass is 479 g/mol. The fraction of sp³-hybridized carbons (Fsp3) is 0.217. The second kappa shape index (κ2) is 9.48. The first kappa shape index (κ1) is 23.2. The molecule has 0 radical (unpaired) electrons. The van der Waals surface area contributed by atoms with Crippen molar-refractivity contribution in [3.8, 4) is 0 Å². The minimum Gasteiger partial charge on any atom is -0.340 e. The van der Waals surface area contributed by atoms with E-state index in [1.54, 1.807) is 42.2 Å². The number of hydrogen-bond donors (Lipinski definition) is 3. The number of hydrogen-bond acceptors (Lipinski definition) is 7. The Hall–Kier alpha value is -3.99. The molecule has 1 aromatic carbocycles. The number of carbonyl (C=O) groups excluding carboxylic acids is 1. The van der Waals surface area contributed by atoms with E-state index in [1.807, 2.05) is 31.2 Å². The molecule has 3 heterocycles. The maximum Gasteiger partial charge on any atom is 0.233 e. The summed E-state index contributed by atoms with van der Waals surface area (Å²) in [5.74, 6) is 0.742. The molecule has 3 aromatic heterocycles. The van der Waals surface area contributed by atoms with Crippen LogP contribution in [0.15, 0.2) is 54.9 Å². The Bertz CT molecular complexity index is 1450. The van der Waals surface area contributed by atoms with E-state index in [0.717, 1.165) is 22.3 Å². The standard InChI is InChI=1S/C23H25N7O3S/c1-4-34(32,33)29-23-17(6-5-11-24-23)14-30-21-12-22(25-13-20(21)15(2)28-30)27-19-9-7-18(8-10-19)26-16(3)31/h5-13H,4,14H2,1-3H3,(H,24,29)(H,25,27)(H,26,31). The van der Waals surface area contributed by atoms with Crippen molar-refractivity contribution in [3.05, 3.63) is 66.1 Å². The highest BCUT2D eigenvalue weighted by molar-refractivity contribution is 7.92. The van der Waals surface area contributed by atoms with Crippen molar-refractivity contribution < 1.29 is 13.2 Å². The molecule has 0 aliphatic rings. The molecule has 0 fully saturated rings. The second-order valence-corrected chi connectivity index (χ2v) is 9.74. The van der Waals surface area contributed by atoms with Gasteiger partial charge in [-0.05, 0) is 44.2 Å². The van der Waals surface area contributed by atoms with Crippen LogP contribution >= 0.6 is 0 Å². The van der Waals surface area contributed by atoms with Gasteiger partial charge in [-0.1, -0.05) is 6.07 Å². The lowest BCUT2D eigenvalue weighted by Gasteiger charge is -2.12. The van der Waals surface area contributed by atoms with Crippen LogP contribution in [0.2, 0.25) is 0 Å². The molecule has 0 saturated carbocycles. The van der Waals surface area contributed by atoms with Crippen molar-refractivity contribution in [2.24, 2.45) is 0 Å². The van der Waals surface area contributed by atoms with E-state index in [0.29, 0.717) is 23.6 Å². The van der Waals surface area contributed by atoms with E-state index in [9.17, 15) is 13.2 Å². The third kappa shape index (κ3) is 5.31. The SMILES string of the molecule is CCS(=O)(=O)Nc1ncccc1Cn1nc(C)c2cnc(Nc3ccc(NC(C)=O)cc3)cc21. The number of anilines is 4. The summed E-state index contributed by atoms with van der Waals surface area (Å²) < 4.78 is 28.5. The van der Waals surface area contributed by atoms with Crippen LogP contribution in [0.25, 0.3) is 10.9 Å². The van der Waals surface area contributed by atoms with Crippen molar-refractivity contribution >= 4 is 49.8 Å². The van der Waals surface area contributed by atoms with E-state index in [4.69, 9.17) is 0 Å². The molecule has 4 rings (SSSR count). The lowest BCUT2D eigenvalue weighted by Crippen LogP contribution is -2.17. The predicted octanol–water partition coefficient (Wildman–Crippen LogP) is 3.65. The largest absolute Gasteiger partial charge is 0.340 e. The average Bonchev–Trinajstić information content (AvgIpc) is 3.10. The summed E-state index contributed by atoms with van der Waals surface area (Å²) in [5, 5.41) is 11.5. The number of amides is 1. The van der Waals surface area contributed by atoms with Crippen LogP contribution in [0.3, 0.4) is 0 Å². The normalized spacial score (nSPS) is 11.4. The van der Waals surface area contributed by atoms with Crippen LogP contribution in [0, 0.1) is 6.92 Å². The average molecular weight is 480 g/mol. The summed E-state index contributed by atoms with van der Waals surface area (Å²) in [6, 6.07) is 12.8. The van der Waals surface area contributed by atoms with E-state index in [1.165, 1.54) is 6.92 Å². The lowest BCUT2D eigenvalue weighted by molar-refractivity contribution is -0.114. The van der Waals surface area contributed by atoms with Crippen LogP contribution in [-0.2, 0) is 21.4 Å². The first-order valence-corrected chi connectivity index (χ1v) is 12.3. The van der Waals surface area contributed by atoms with Gasteiger partial charge in [0, 0.05) is 47.7 Å². The number of sulfonamides is 1. The molecule has 1 amide bonds. The van der Waals surface area contributed by atoms with Gasteiger partial charge in [0.05, 0.1) is 23.5 Å². The molecule has 34 heavy (non-hydrogen) atoms. The Kier molecular flexibility index (Phi) is 6.46. The molecule has 0 saturated heterocycles. The fourth-order valence-corrected chi connectivity index (χ4v) is 4.06. The number of nitrogens with zero attached hydrogens (tertiary/aromatic N) is 4. The number of nitrogens with one attached hydrogen (secondary N) is 3. The maximum atomic E-state index is 12.1. The quantitative estimate of drug-likeness (QED) is 0.352. The zero-order valence-electron chi connectivity index (χ0n) is 19.0. The second-order valence-electron chi connectivity index (χ2n) is 7.73. The summed E-state index contributed by atoms with van der Waals surface area (Å²) in [6.07, 6.45) is 3.30. The first-order chi connectivity index (χ1) is 16.2. The van der Waals surface area contributed by atoms with E-state index in [2.05, 4.69) is 30.4 Å². The molecule has 4 aromatic rings. The topological polar surface area (TPSA) is 131 Å². The predicted molar refractivity (Wildman–Crippen MR) is 133 cm³/mol. The summed E-state index contributed by atoms with van der Waals surface area (Å²) in [5.41, 5.74) is 3.88. The Morgan fingerprint density at radius 3 is 2.53 bits per heavy atom. The highest BCUT2D eigenvalue weighted by Gasteiger charge is 2.15. The van der Waals surface area contributed by atoms with E-state index in [-0.39, 0.29) is 17.5 Å². The molecular formula is C23H25N7O3S. The third-order valence-electron chi connectivity index (χ3n) is 5.14. The van der Waals surface area contributed by atoms with Gasteiger partial charge in [0.25, 0.3) is 0 Å². The Balaban J connectivity index is 1.62. The zero-order chi connectivity index (χ0) is 24.3. The summed E-state index contributed by atoms with van der Waals surface area (Å²) in [7, 11) is -3.46. The van der Waals surface area contributed by atoms with Crippen LogP contribution in [0.1, 0.15) is 25.1 Å². The van der Waals surface area contributed by atoms with Crippen molar-refractivity contribution in [3.63, 3.8) is 0 Å². The summed E-state index contributed by atoms with van der Waals surface area (Å²) in [4.78, 5) is 19.9. The van der Waals surface area contributed by atoms with E-state index >= 15 is 0 Å². The number of fused-ring (bicyclic) bond motifs is 1. The molecule has 10 nitrogen and oxygen atoms in total. The molecule has 0 atom stereocenters. The van der Waals surface area contributed by atoms with Gasteiger partial charge < -0.3 is 10.6 Å². The van der Waals surface area contributed by atoms with Crippen LogP contribution in [0.4, 0.5) is 23.0 Å². The molecule has 11 heteroatoms. The molecule has 176 valence electrons. The van der Waals surface area contributed by atoms with Crippen LogP contribution in [0.5, 0.6) is 0 Å². The highest BCUT2D eigenvalue weighted by atomic mass is 32.2. The minimum atomic E-state index is -3.46. The summed E-state index contributed by atoms with van der Waals surface area (Å²) in [6.45, 7) is 5.26. The van der Waals surface area contributed by atoms with Gasteiger partial charge in [0.2, 0.25) is 15.9 Å². The zero-order valence-corrected chi connectivity index (χ0v) is 19.8. The van der Waals surface area contributed by atoms with Crippen molar-refractivity contribution in [1.29, 1.82) is 0 Å². The van der Waals surface area contributed by atoms with Gasteiger partial charge in [-0.15, -0.1) is 0 Å². The molecule has 0 unspecified atom stereocenters. The van der Waals surface area contributed by atoms with Crippen LogP contribution in [-0.4, -0.2) is 39.8 Å². The van der Waals surface area contributed by atoms with Gasteiger partial charge in [0.1, 0.15) is 11.6 Å². The van der Waals surface area contributed by atoms with Crippen molar-refractivity contribution in [2.75, 3.05) is 21.1 Å². The molecule has 3 N–H and O–H groups in total. The first-order valence-electron chi connectivity index (χ1n) is 10.7. The Morgan fingerprint density at radius 2 is 1.82 bits per heavy atom. The van der Waals surface area contributed by atoms with Crippen molar-refractivity contribution in [2.45, 2.75) is 27.3 Å². The van der Waals surface area contributed by atoms with Gasteiger partial charge in [0.15, 0.2) is 0 Å². The van der Waals surface area contributed by atoms with Crippen molar-refractivity contribution in [1.82, 2.24) is 19.7 Å². The van der Waals surface area contributed by atoms with E-state index < -0.39 is 10.0 Å². The number of aromatic nitrogens is 4. The smallest absolute Gasteiger partial charge is 0.233 e. The van der Waals surface area contributed by atoms with Gasteiger partial charge in [-0.2, -0.15) is 5.10 Å². The fourth-order valence-electron chi connectivity index (χ4n) is 3.44. The molecule has 0 aliphatic heterocycles. The Morgan fingerprint density at radius 1 is 1.09 bits per heavy atom. The number of carbonyl (C=O) groups is 1. The molecule has 0 spiro atoms. The lowest BCUT2D eigenvalue weighted by atomic mass is 10.2. The number of rotatable bonds is 8.